The number of allylic oxidation sites excluding steroid dienone is 2. The van der Waals surface area contributed by atoms with Gasteiger partial charge in [-0.05, 0) is 56.1 Å². The molecule has 7 nitrogen and oxygen atoms in total. The normalized spacial score (nSPS) is 20.0. The Kier molecular flexibility index (Phi) is 4.53. The molecule has 1 aromatic carbocycles. The van der Waals surface area contributed by atoms with Gasteiger partial charge in [-0.3, -0.25) is 9.67 Å². The monoisotopic (exact) mass is 403 g/mol. The van der Waals surface area contributed by atoms with Crippen LogP contribution in [0.3, 0.4) is 0 Å². The number of fused-ring (bicyclic) bond motifs is 5. The van der Waals surface area contributed by atoms with Crippen LogP contribution in [0.4, 0.5) is 5.69 Å². The Morgan fingerprint density at radius 1 is 1.33 bits per heavy atom. The van der Waals surface area contributed by atoms with Crippen LogP contribution in [-0.4, -0.2) is 33.1 Å². The number of rotatable bonds is 4. The van der Waals surface area contributed by atoms with Gasteiger partial charge in [0, 0.05) is 28.9 Å². The molecule has 0 amide bonds. The van der Waals surface area contributed by atoms with Crippen LogP contribution < -0.4 is 5.73 Å². The molecule has 2 heterocycles. The number of carbonyl (C=O) groups is 1. The van der Waals surface area contributed by atoms with Crippen LogP contribution in [0.25, 0.3) is 10.9 Å². The van der Waals surface area contributed by atoms with E-state index in [-0.39, 0.29) is 5.69 Å². The van der Waals surface area contributed by atoms with Gasteiger partial charge in [-0.15, -0.1) is 5.10 Å². The minimum Gasteiger partial charge on any atom is -0.464 e. The first kappa shape index (κ1) is 18.8. The molecule has 2 bridgehead atoms. The highest BCUT2D eigenvalue weighted by molar-refractivity contribution is 5.93. The van der Waals surface area contributed by atoms with E-state index in [1.807, 2.05) is 0 Å². The lowest BCUT2D eigenvalue weighted by molar-refractivity contribution is 0.0594. The zero-order chi connectivity index (χ0) is 20.8. The zero-order valence-electron chi connectivity index (χ0n) is 17.3. The van der Waals surface area contributed by atoms with Gasteiger partial charge in [0.2, 0.25) is 0 Å². The Bertz CT molecular complexity index is 1180. The van der Waals surface area contributed by atoms with E-state index in [4.69, 9.17) is 15.5 Å². The van der Waals surface area contributed by atoms with Gasteiger partial charge in [-0.1, -0.05) is 29.0 Å². The summed E-state index contributed by atoms with van der Waals surface area (Å²) in [6.45, 7) is 2.77. The van der Waals surface area contributed by atoms with Crippen LogP contribution >= 0.6 is 0 Å². The second kappa shape index (κ2) is 7.23. The van der Waals surface area contributed by atoms with Crippen LogP contribution in [0, 0.1) is 12.8 Å². The van der Waals surface area contributed by atoms with Crippen molar-refractivity contribution in [2.75, 3.05) is 12.8 Å². The van der Waals surface area contributed by atoms with Crippen molar-refractivity contribution in [1.29, 1.82) is 0 Å². The molecular weight excluding hydrogens is 378 g/mol. The maximum atomic E-state index is 11.6. The van der Waals surface area contributed by atoms with Crippen LogP contribution in [0.15, 0.2) is 36.0 Å². The number of esters is 1. The molecule has 3 aromatic rings. The van der Waals surface area contributed by atoms with E-state index in [0.717, 1.165) is 42.3 Å². The van der Waals surface area contributed by atoms with Gasteiger partial charge in [-0.2, -0.15) is 0 Å². The maximum absolute atomic E-state index is 11.6. The quantitative estimate of drug-likeness (QED) is 0.528. The topological polar surface area (TPSA) is 95.9 Å². The number of hydrogen-bond acceptors (Lipinski definition) is 6. The molecule has 2 aromatic heterocycles. The number of anilines is 1. The van der Waals surface area contributed by atoms with Gasteiger partial charge in [0.25, 0.3) is 0 Å². The van der Waals surface area contributed by atoms with Crippen LogP contribution in [0.2, 0.25) is 0 Å². The summed E-state index contributed by atoms with van der Waals surface area (Å²) in [5, 5.41) is 8.98. The lowest BCUT2D eigenvalue weighted by atomic mass is 9.70. The van der Waals surface area contributed by atoms with Crippen molar-refractivity contribution in [3.63, 3.8) is 0 Å². The van der Waals surface area contributed by atoms with E-state index in [1.165, 1.54) is 29.5 Å². The third kappa shape index (κ3) is 3.24. The molecule has 2 aliphatic rings. The number of hydrogen-bond donors (Lipinski definition) is 1. The van der Waals surface area contributed by atoms with Crippen molar-refractivity contribution in [2.45, 2.75) is 45.1 Å². The summed E-state index contributed by atoms with van der Waals surface area (Å²) in [6, 6.07) is 6.33. The molecule has 0 spiro atoms. The molecule has 154 valence electrons. The standard InChI is InChI=1S/C23H25N5O2/c1-13-3-4-17-18(7-13)25-19-11-15-8-14(9-16(10-15)21(19)22(17)24)5-6-28-12-20(26-27-28)23(29)30-2/h3-4,7-8,12,15-16H,5-6,9-11H2,1-2H3,(H2,24,25). The molecule has 7 heteroatoms. The van der Waals surface area contributed by atoms with E-state index in [9.17, 15) is 4.79 Å². The molecule has 2 unspecified atom stereocenters. The Balaban J connectivity index is 1.37. The van der Waals surface area contributed by atoms with E-state index < -0.39 is 5.97 Å². The average molecular weight is 403 g/mol. The van der Waals surface area contributed by atoms with Gasteiger partial charge in [0.1, 0.15) is 0 Å². The summed E-state index contributed by atoms with van der Waals surface area (Å²) < 4.78 is 6.40. The fourth-order valence-electron chi connectivity index (χ4n) is 4.97. The van der Waals surface area contributed by atoms with E-state index in [1.54, 1.807) is 10.9 Å². The number of methoxy groups -OCH3 is 1. The lowest BCUT2D eigenvalue weighted by Crippen LogP contribution is -2.25. The first-order chi connectivity index (χ1) is 14.5. The molecule has 0 radical (unpaired) electrons. The number of pyridine rings is 1. The summed E-state index contributed by atoms with van der Waals surface area (Å²) in [7, 11) is 1.34. The highest BCUT2D eigenvalue weighted by atomic mass is 16.5. The van der Waals surface area contributed by atoms with Crippen molar-refractivity contribution in [3.05, 3.63) is 58.6 Å². The lowest BCUT2D eigenvalue weighted by Gasteiger charge is -2.36. The average Bonchev–Trinajstić information content (AvgIpc) is 3.20. The Hall–Kier alpha value is -3.22. The number of carbonyl (C=O) groups excluding carboxylic acids is 1. The van der Waals surface area contributed by atoms with Crippen molar-refractivity contribution in [3.8, 4) is 0 Å². The third-order valence-electron chi connectivity index (χ3n) is 6.33. The predicted octanol–water partition coefficient (Wildman–Crippen LogP) is 3.57. The number of nitrogens with two attached hydrogens (primary N) is 1. The van der Waals surface area contributed by atoms with Crippen molar-refractivity contribution in [1.82, 2.24) is 20.0 Å². The van der Waals surface area contributed by atoms with Gasteiger partial charge in [0.05, 0.1) is 18.8 Å². The zero-order valence-corrected chi connectivity index (χ0v) is 17.3. The van der Waals surface area contributed by atoms with Gasteiger partial charge in [0.15, 0.2) is 5.69 Å². The largest absolute Gasteiger partial charge is 0.464 e. The second-order valence-corrected chi connectivity index (χ2v) is 8.44. The molecule has 0 fully saturated rings. The summed E-state index contributed by atoms with van der Waals surface area (Å²) in [4.78, 5) is 16.5. The first-order valence-corrected chi connectivity index (χ1v) is 10.4. The molecule has 0 saturated carbocycles. The SMILES string of the molecule is COC(=O)c1cn(CCC2=CC3Cc4nc5cc(C)ccc5c(N)c4C(C2)C3)nn1. The van der Waals surface area contributed by atoms with Crippen molar-refractivity contribution in [2.24, 2.45) is 5.92 Å². The Labute approximate surface area is 174 Å². The molecule has 30 heavy (non-hydrogen) atoms. The van der Waals surface area contributed by atoms with Crippen molar-refractivity contribution < 1.29 is 9.53 Å². The van der Waals surface area contributed by atoms with E-state index in [0.29, 0.717) is 18.4 Å². The van der Waals surface area contributed by atoms with E-state index >= 15 is 0 Å². The Morgan fingerprint density at radius 2 is 2.20 bits per heavy atom. The van der Waals surface area contributed by atoms with Crippen molar-refractivity contribution >= 4 is 22.6 Å². The number of nitrogen functional groups attached to an aromatic ring is 1. The Morgan fingerprint density at radius 3 is 3.03 bits per heavy atom. The van der Waals surface area contributed by atoms with Gasteiger partial charge in [-0.25, -0.2) is 4.79 Å². The van der Waals surface area contributed by atoms with E-state index in [2.05, 4.69) is 41.5 Å². The molecule has 0 aliphatic heterocycles. The number of nitrogens with zero attached hydrogens (tertiary/aromatic N) is 4. The second-order valence-electron chi connectivity index (χ2n) is 8.44. The minimum absolute atomic E-state index is 0.238. The number of aryl methyl sites for hydroxylation is 2. The molecule has 0 saturated heterocycles. The molecular formula is C23H25N5O2. The summed E-state index contributed by atoms with van der Waals surface area (Å²) in [5.74, 6) is 0.454. The number of ether oxygens (including phenoxy) is 1. The molecule has 2 atom stereocenters. The smallest absolute Gasteiger partial charge is 0.360 e. The highest BCUT2D eigenvalue weighted by Crippen LogP contribution is 2.47. The molecule has 2 N–H and O–H groups in total. The molecule has 2 aliphatic carbocycles. The van der Waals surface area contributed by atoms with Crippen LogP contribution in [-0.2, 0) is 17.7 Å². The van der Waals surface area contributed by atoms with Gasteiger partial charge >= 0.3 is 5.97 Å². The van der Waals surface area contributed by atoms with Crippen LogP contribution in [0.1, 0.15) is 52.5 Å². The number of benzene rings is 1. The fraction of sp³-hybridized carbons (Fsp3) is 0.391. The molecule has 5 rings (SSSR count). The van der Waals surface area contributed by atoms with Gasteiger partial charge < -0.3 is 10.5 Å². The first-order valence-electron chi connectivity index (χ1n) is 10.4. The minimum atomic E-state index is -0.463. The predicted molar refractivity (Wildman–Crippen MR) is 114 cm³/mol. The number of aromatic nitrogens is 4. The summed E-state index contributed by atoms with van der Waals surface area (Å²) in [5.41, 5.74) is 13.8. The third-order valence-corrected chi connectivity index (χ3v) is 6.33. The maximum Gasteiger partial charge on any atom is 0.360 e. The summed E-state index contributed by atoms with van der Waals surface area (Å²) in [6.07, 6.45) is 8.00. The summed E-state index contributed by atoms with van der Waals surface area (Å²) >= 11 is 0. The van der Waals surface area contributed by atoms with Crippen LogP contribution in [0.5, 0.6) is 0 Å². The fourth-order valence-corrected chi connectivity index (χ4v) is 4.97. The highest BCUT2D eigenvalue weighted by Gasteiger charge is 2.33.